The van der Waals surface area contributed by atoms with Crippen LogP contribution in [0.15, 0.2) is 53.1 Å². The topological polar surface area (TPSA) is 74.6 Å². The largest absolute Gasteiger partial charge is 0.468 e. The Bertz CT molecular complexity index is 653. The number of nitrogens with one attached hydrogen (secondary N) is 2. The molecule has 0 radical (unpaired) electrons. The minimum atomic E-state index is -0.628. The summed E-state index contributed by atoms with van der Waals surface area (Å²) in [5.41, 5.74) is 0.527. The summed E-state index contributed by atoms with van der Waals surface area (Å²) in [5, 5.41) is 5.55. The first kappa shape index (κ1) is 17.7. The third-order valence-corrected chi connectivity index (χ3v) is 3.74. The van der Waals surface area contributed by atoms with E-state index < -0.39 is 6.04 Å². The third kappa shape index (κ3) is 4.70. The van der Waals surface area contributed by atoms with Crippen LogP contribution in [0.3, 0.4) is 0 Å². The predicted molar refractivity (Wildman–Crippen MR) is 91.5 cm³/mol. The van der Waals surface area contributed by atoms with E-state index >= 15 is 0 Å². The molecule has 24 heavy (non-hydrogen) atoms. The van der Waals surface area contributed by atoms with Crippen LogP contribution in [0.2, 0.25) is 0 Å². The molecule has 0 fully saturated rings. The van der Waals surface area contributed by atoms with Crippen molar-refractivity contribution >= 4 is 11.8 Å². The summed E-state index contributed by atoms with van der Waals surface area (Å²) in [7, 11) is 3.83. The Morgan fingerprint density at radius 2 is 1.83 bits per heavy atom. The molecule has 2 rings (SSSR count). The minimum absolute atomic E-state index is 0.0685. The molecule has 0 saturated heterocycles. The average Bonchev–Trinajstić information content (AvgIpc) is 3.09. The molecule has 2 atom stereocenters. The van der Waals surface area contributed by atoms with Crippen molar-refractivity contribution in [2.45, 2.75) is 19.0 Å². The fraction of sp³-hybridized carbons (Fsp3) is 0.333. The first-order valence-corrected chi connectivity index (χ1v) is 7.82. The summed E-state index contributed by atoms with van der Waals surface area (Å²) < 4.78 is 5.41. The van der Waals surface area contributed by atoms with E-state index in [2.05, 4.69) is 10.6 Å². The van der Waals surface area contributed by atoms with E-state index in [4.69, 9.17) is 4.42 Å². The maximum absolute atomic E-state index is 12.2. The van der Waals surface area contributed by atoms with Gasteiger partial charge in [-0.05, 0) is 45.3 Å². The van der Waals surface area contributed by atoms with Crippen molar-refractivity contribution in [3.05, 3.63) is 60.1 Å². The molecule has 1 heterocycles. The van der Waals surface area contributed by atoms with Gasteiger partial charge < -0.3 is 15.1 Å². The molecule has 0 saturated carbocycles. The number of carbonyl (C=O) groups is 2. The van der Waals surface area contributed by atoms with Gasteiger partial charge in [0.2, 0.25) is 5.91 Å². The number of hydrogen-bond donors (Lipinski definition) is 2. The van der Waals surface area contributed by atoms with Gasteiger partial charge in [0, 0.05) is 12.1 Å². The lowest BCUT2D eigenvalue weighted by atomic mass is 10.2. The Morgan fingerprint density at radius 1 is 1.12 bits per heavy atom. The number of likely N-dealkylation sites (N-methyl/N-ethyl adjacent to an activating group) is 1. The molecule has 128 valence electrons. The van der Waals surface area contributed by atoms with E-state index in [1.54, 1.807) is 37.5 Å². The lowest BCUT2D eigenvalue weighted by Gasteiger charge is -2.23. The molecule has 0 aliphatic rings. The number of benzene rings is 1. The molecule has 6 nitrogen and oxygen atoms in total. The van der Waals surface area contributed by atoms with Gasteiger partial charge in [-0.3, -0.25) is 14.5 Å². The highest BCUT2D eigenvalue weighted by Gasteiger charge is 2.21. The standard InChI is InChI=1S/C18H23N3O3/c1-13(20-18(23)14-8-5-4-6-9-14)17(22)19-12-15(21(2)3)16-10-7-11-24-16/h4-11,13,15H,12H2,1-3H3,(H,19,22)(H,20,23). The molecule has 2 aromatic rings. The molecule has 0 spiro atoms. The van der Waals surface area contributed by atoms with Crippen molar-refractivity contribution in [2.75, 3.05) is 20.6 Å². The lowest BCUT2D eigenvalue weighted by molar-refractivity contribution is -0.122. The van der Waals surface area contributed by atoms with Crippen LogP contribution in [0.1, 0.15) is 29.1 Å². The molecule has 6 heteroatoms. The Labute approximate surface area is 141 Å². The fourth-order valence-electron chi connectivity index (χ4n) is 2.30. The number of furan rings is 1. The van der Waals surface area contributed by atoms with Crippen LogP contribution < -0.4 is 10.6 Å². The van der Waals surface area contributed by atoms with Crippen LogP contribution in [-0.4, -0.2) is 43.4 Å². The molecule has 2 N–H and O–H groups in total. The predicted octanol–water partition coefficient (Wildman–Crippen LogP) is 1.82. The van der Waals surface area contributed by atoms with Crippen LogP contribution in [0, 0.1) is 0 Å². The highest BCUT2D eigenvalue weighted by atomic mass is 16.3. The Balaban J connectivity index is 1.88. The van der Waals surface area contributed by atoms with Gasteiger partial charge in [-0.25, -0.2) is 0 Å². The van der Waals surface area contributed by atoms with Gasteiger partial charge in [-0.2, -0.15) is 0 Å². The summed E-state index contributed by atoms with van der Waals surface area (Å²) in [6.07, 6.45) is 1.61. The normalized spacial score (nSPS) is 13.3. The van der Waals surface area contributed by atoms with Crippen molar-refractivity contribution in [1.29, 1.82) is 0 Å². The van der Waals surface area contributed by atoms with Gasteiger partial charge >= 0.3 is 0 Å². The highest BCUT2D eigenvalue weighted by Crippen LogP contribution is 2.17. The van der Waals surface area contributed by atoms with Crippen molar-refractivity contribution < 1.29 is 14.0 Å². The lowest BCUT2D eigenvalue weighted by Crippen LogP contribution is -2.46. The van der Waals surface area contributed by atoms with Gasteiger partial charge in [0.15, 0.2) is 0 Å². The van der Waals surface area contributed by atoms with E-state index in [0.29, 0.717) is 12.1 Å². The minimum Gasteiger partial charge on any atom is -0.468 e. The van der Waals surface area contributed by atoms with E-state index in [-0.39, 0.29) is 17.9 Å². The first-order valence-electron chi connectivity index (χ1n) is 7.82. The number of amides is 2. The first-order chi connectivity index (χ1) is 11.5. The number of nitrogens with zero attached hydrogens (tertiary/aromatic N) is 1. The van der Waals surface area contributed by atoms with Crippen LogP contribution >= 0.6 is 0 Å². The van der Waals surface area contributed by atoms with Crippen molar-refractivity contribution in [3.8, 4) is 0 Å². The second-order valence-corrected chi connectivity index (χ2v) is 5.80. The second-order valence-electron chi connectivity index (χ2n) is 5.80. The van der Waals surface area contributed by atoms with Crippen molar-refractivity contribution in [2.24, 2.45) is 0 Å². The Morgan fingerprint density at radius 3 is 2.42 bits per heavy atom. The molecule has 1 aromatic carbocycles. The summed E-state index contributed by atoms with van der Waals surface area (Å²) in [5.74, 6) is 0.271. The zero-order valence-electron chi connectivity index (χ0n) is 14.2. The average molecular weight is 329 g/mol. The van der Waals surface area contributed by atoms with Crippen LogP contribution in [0.25, 0.3) is 0 Å². The monoisotopic (exact) mass is 329 g/mol. The van der Waals surface area contributed by atoms with E-state index in [1.807, 2.05) is 37.2 Å². The van der Waals surface area contributed by atoms with Crippen molar-refractivity contribution in [1.82, 2.24) is 15.5 Å². The summed E-state index contributed by atoms with van der Waals surface area (Å²) in [4.78, 5) is 26.3. The zero-order valence-corrected chi connectivity index (χ0v) is 14.2. The van der Waals surface area contributed by atoms with Gasteiger partial charge in [0.1, 0.15) is 11.8 Å². The van der Waals surface area contributed by atoms with Gasteiger partial charge in [0.05, 0.1) is 12.3 Å². The van der Waals surface area contributed by atoms with E-state index in [0.717, 1.165) is 5.76 Å². The number of rotatable bonds is 7. The smallest absolute Gasteiger partial charge is 0.251 e. The van der Waals surface area contributed by atoms with E-state index in [1.165, 1.54) is 0 Å². The molecule has 2 amide bonds. The fourth-order valence-corrected chi connectivity index (χ4v) is 2.30. The highest BCUT2D eigenvalue weighted by molar-refractivity contribution is 5.97. The molecule has 2 unspecified atom stereocenters. The Hall–Kier alpha value is -2.60. The summed E-state index contributed by atoms with van der Waals surface area (Å²) >= 11 is 0. The number of carbonyl (C=O) groups excluding carboxylic acids is 2. The molecule has 0 aliphatic heterocycles. The summed E-state index contributed by atoms with van der Waals surface area (Å²) in [6, 6.07) is 11.8. The van der Waals surface area contributed by atoms with Gasteiger partial charge in [0.25, 0.3) is 5.91 Å². The SMILES string of the molecule is CC(NC(=O)c1ccccc1)C(=O)NCC(c1ccco1)N(C)C. The second kappa shape index (κ2) is 8.31. The quantitative estimate of drug-likeness (QED) is 0.812. The van der Waals surface area contributed by atoms with Gasteiger partial charge in [-0.15, -0.1) is 0 Å². The van der Waals surface area contributed by atoms with Crippen LogP contribution in [0.5, 0.6) is 0 Å². The molecule has 1 aromatic heterocycles. The van der Waals surface area contributed by atoms with E-state index in [9.17, 15) is 9.59 Å². The third-order valence-electron chi connectivity index (χ3n) is 3.74. The van der Waals surface area contributed by atoms with Crippen molar-refractivity contribution in [3.63, 3.8) is 0 Å². The van der Waals surface area contributed by atoms with Gasteiger partial charge in [-0.1, -0.05) is 18.2 Å². The molecular formula is C18H23N3O3. The molecular weight excluding hydrogens is 306 g/mol. The molecule has 0 bridgehead atoms. The van der Waals surface area contributed by atoms with Crippen LogP contribution in [-0.2, 0) is 4.79 Å². The maximum Gasteiger partial charge on any atom is 0.251 e. The number of hydrogen-bond acceptors (Lipinski definition) is 4. The molecule has 0 aliphatic carbocycles. The Kier molecular flexibility index (Phi) is 6.14. The maximum atomic E-state index is 12.2. The summed E-state index contributed by atoms with van der Waals surface area (Å²) in [6.45, 7) is 2.05. The zero-order chi connectivity index (χ0) is 17.5. The van der Waals surface area contributed by atoms with Crippen LogP contribution in [0.4, 0.5) is 0 Å².